The topological polar surface area (TPSA) is 16.4 Å². The van der Waals surface area contributed by atoms with Crippen molar-refractivity contribution in [1.29, 1.82) is 0 Å². The first-order chi connectivity index (χ1) is 28.8. The first-order valence-electron chi connectivity index (χ1n) is 19.8. The van der Waals surface area contributed by atoms with E-state index in [2.05, 4.69) is 229 Å². The summed E-state index contributed by atoms with van der Waals surface area (Å²) in [5, 5.41) is 7.15. The molecule has 0 aliphatic heterocycles. The molecule has 0 saturated heterocycles. The van der Waals surface area contributed by atoms with Gasteiger partial charge in [-0.25, -0.2) is 0 Å². The highest BCUT2D eigenvalue weighted by atomic mass is 16.3. The molecule has 2 heteroatoms. The van der Waals surface area contributed by atoms with E-state index in [1.807, 2.05) is 0 Å². The lowest BCUT2D eigenvalue weighted by Crippen LogP contribution is -2.10. The monoisotopic (exact) mass is 739 g/mol. The Morgan fingerprint density at radius 1 is 0.310 bits per heavy atom. The third-order valence-corrected chi connectivity index (χ3v) is 11.5. The fraction of sp³-hybridized carbons (Fsp3) is 0. The minimum atomic E-state index is 0.853. The van der Waals surface area contributed by atoms with Crippen molar-refractivity contribution in [3.8, 4) is 44.5 Å². The Balaban J connectivity index is 1.07. The van der Waals surface area contributed by atoms with E-state index in [1.165, 1.54) is 60.5 Å². The Bertz CT molecular complexity index is 3250. The molecule has 58 heavy (non-hydrogen) atoms. The molecule has 0 radical (unpaired) electrons. The molecular formula is C56H37NO. The van der Waals surface area contributed by atoms with E-state index >= 15 is 0 Å². The molecule has 0 spiro atoms. The second-order valence-electron chi connectivity index (χ2n) is 14.9. The van der Waals surface area contributed by atoms with E-state index in [0.717, 1.165) is 44.6 Å². The Hall–Kier alpha value is -7.68. The molecule has 0 saturated carbocycles. The summed E-state index contributed by atoms with van der Waals surface area (Å²) in [5.41, 5.74) is 14.4. The quantitative estimate of drug-likeness (QED) is 0.162. The second-order valence-corrected chi connectivity index (χ2v) is 14.9. The lowest BCUT2D eigenvalue weighted by Gasteiger charge is -2.26. The van der Waals surface area contributed by atoms with Crippen LogP contribution in [0.2, 0.25) is 0 Å². The Kier molecular flexibility index (Phi) is 8.19. The van der Waals surface area contributed by atoms with Crippen molar-refractivity contribution in [3.63, 3.8) is 0 Å². The van der Waals surface area contributed by atoms with Crippen LogP contribution in [0.5, 0.6) is 0 Å². The number of rotatable bonds is 7. The number of anilines is 3. The van der Waals surface area contributed by atoms with Gasteiger partial charge in [-0.05, 0) is 109 Å². The summed E-state index contributed by atoms with van der Waals surface area (Å²) >= 11 is 0. The average Bonchev–Trinajstić information content (AvgIpc) is 3.68. The molecule has 0 aliphatic carbocycles. The third kappa shape index (κ3) is 5.82. The molecule has 0 fully saturated rings. The van der Waals surface area contributed by atoms with Gasteiger partial charge in [-0.2, -0.15) is 0 Å². The van der Waals surface area contributed by atoms with Crippen LogP contribution in [0.1, 0.15) is 0 Å². The molecule has 0 atom stereocenters. The maximum absolute atomic E-state index is 6.80. The molecule has 2 nitrogen and oxygen atoms in total. The summed E-state index contributed by atoms with van der Waals surface area (Å²) in [6, 6.07) is 80.5. The van der Waals surface area contributed by atoms with Crippen molar-refractivity contribution in [2.24, 2.45) is 0 Å². The van der Waals surface area contributed by atoms with Crippen LogP contribution in [-0.4, -0.2) is 0 Å². The van der Waals surface area contributed by atoms with E-state index in [4.69, 9.17) is 4.42 Å². The van der Waals surface area contributed by atoms with Crippen molar-refractivity contribution in [2.45, 2.75) is 0 Å². The van der Waals surface area contributed by atoms with Crippen molar-refractivity contribution in [1.82, 2.24) is 0 Å². The summed E-state index contributed by atoms with van der Waals surface area (Å²) in [5.74, 6) is 0. The first kappa shape index (κ1) is 33.6. The molecule has 0 aliphatic rings. The predicted molar refractivity (Wildman–Crippen MR) is 245 cm³/mol. The maximum atomic E-state index is 6.80. The Morgan fingerprint density at radius 2 is 0.862 bits per heavy atom. The second kappa shape index (κ2) is 14.1. The van der Waals surface area contributed by atoms with Gasteiger partial charge in [-0.3, -0.25) is 0 Å². The van der Waals surface area contributed by atoms with Gasteiger partial charge in [0.25, 0.3) is 0 Å². The van der Waals surface area contributed by atoms with Gasteiger partial charge in [0.2, 0.25) is 0 Å². The summed E-state index contributed by atoms with van der Waals surface area (Å²) in [6.07, 6.45) is 0. The number of para-hydroxylation sites is 1. The van der Waals surface area contributed by atoms with Gasteiger partial charge in [0.05, 0.1) is 5.69 Å². The van der Waals surface area contributed by atoms with Gasteiger partial charge in [0, 0.05) is 22.1 Å². The van der Waals surface area contributed by atoms with Crippen molar-refractivity contribution in [3.05, 3.63) is 224 Å². The molecule has 11 rings (SSSR count). The number of benzene rings is 10. The summed E-state index contributed by atoms with van der Waals surface area (Å²) in [6.45, 7) is 0. The molecule has 1 aromatic heterocycles. The smallest absolute Gasteiger partial charge is 0.159 e. The van der Waals surface area contributed by atoms with Gasteiger partial charge in [0.1, 0.15) is 5.58 Å². The summed E-state index contributed by atoms with van der Waals surface area (Å²) < 4.78 is 6.80. The highest BCUT2D eigenvalue weighted by Gasteiger charge is 2.21. The number of fused-ring (bicyclic) bond motifs is 5. The van der Waals surface area contributed by atoms with Crippen LogP contribution in [0.4, 0.5) is 17.1 Å². The number of nitrogens with zero attached hydrogens (tertiary/aromatic N) is 1. The van der Waals surface area contributed by atoms with Crippen LogP contribution >= 0.6 is 0 Å². The fourth-order valence-electron chi connectivity index (χ4n) is 8.68. The lowest BCUT2D eigenvalue weighted by molar-refractivity contribution is 0.669. The summed E-state index contributed by atoms with van der Waals surface area (Å²) in [7, 11) is 0. The third-order valence-electron chi connectivity index (χ3n) is 11.5. The standard InChI is InChI=1S/C56H37NO/c1-3-13-38(14-4-1)44-30-36-54-52(37-44)51-23-12-24-53(56(51)58-54)57(45-31-25-41(26-32-45)48-22-11-19-39-15-7-9-20-47(39)48)46-33-27-42(28-34-46)50-35-29-40-16-8-10-21-49(40)55(50)43-17-5-2-6-18-43/h1-37H. The van der Waals surface area contributed by atoms with Gasteiger partial charge < -0.3 is 9.32 Å². The van der Waals surface area contributed by atoms with Crippen LogP contribution in [0, 0.1) is 0 Å². The molecule has 1 heterocycles. The largest absolute Gasteiger partial charge is 0.454 e. The van der Waals surface area contributed by atoms with Crippen molar-refractivity contribution >= 4 is 60.5 Å². The number of hydrogen-bond donors (Lipinski definition) is 0. The molecule has 0 amide bonds. The molecule has 11 aromatic rings. The molecule has 272 valence electrons. The zero-order valence-corrected chi connectivity index (χ0v) is 31.7. The van der Waals surface area contributed by atoms with E-state index in [0.29, 0.717) is 0 Å². The van der Waals surface area contributed by atoms with Crippen LogP contribution in [0.25, 0.3) is 88.0 Å². The van der Waals surface area contributed by atoms with Crippen molar-refractivity contribution < 1.29 is 4.42 Å². The predicted octanol–water partition coefficient (Wildman–Crippen LogP) is 16.0. The first-order valence-corrected chi connectivity index (χ1v) is 19.8. The van der Waals surface area contributed by atoms with Gasteiger partial charge in [0.15, 0.2) is 5.58 Å². The molecule has 10 aromatic carbocycles. The zero-order chi connectivity index (χ0) is 38.4. The van der Waals surface area contributed by atoms with Gasteiger partial charge in [-0.1, -0.05) is 182 Å². The Morgan fingerprint density at radius 3 is 1.59 bits per heavy atom. The van der Waals surface area contributed by atoms with E-state index in [1.54, 1.807) is 0 Å². The molecule has 0 unspecified atom stereocenters. The average molecular weight is 740 g/mol. The zero-order valence-electron chi connectivity index (χ0n) is 31.7. The van der Waals surface area contributed by atoms with E-state index in [-0.39, 0.29) is 0 Å². The minimum Gasteiger partial charge on any atom is -0.454 e. The van der Waals surface area contributed by atoms with Crippen LogP contribution in [-0.2, 0) is 0 Å². The molecule has 0 bridgehead atoms. The van der Waals surface area contributed by atoms with Gasteiger partial charge in [-0.15, -0.1) is 0 Å². The van der Waals surface area contributed by atoms with Crippen LogP contribution in [0.3, 0.4) is 0 Å². The highest BCUT2D eigenvalue weighted by Crippen LogP contribution is 2.45. The minimum absolute atomic E-state index is 0.853. The van der Waals surface area contributed by atoms with Crippen LogP contribution < -0.4 is 4.90 Å². The van der Waals surface area contributed by atoms with Crippen molar-refractivity contribution in [2.75, 3.05) is 4.90 Å². The van der Waals surface area contributed by atoms with Gasteiger partial charge >= 0.3 is 0 Å². The fourth-order valence-corrected chi connectivity index (χ4v) is 8.68. The van der Waals surface area contributed by atoms with E-state index in [9.17, 15) is 0 Å². The number of furan rings is 1. The lowest BCUT2D eigenvalue weighted by atomic mass is 9.90. The van der Waals surface area contributed by atoms with E-state index < -0.39 is 0 Å². The Labute approximate surface area is 337 Å². The van der Waals surface area contributed by atoms with Crippen LogP contribution in [0.15, 0.2) is 229 Å². The molecular weight excluding hydrogens is 703 g/mol. The highest BCUT2D eigenvalue weighted by molar-refractivity contribution is 6.11. The SMILES string of the molecule is c1ccc(-c2ccc3oc4c(N(c5ccc(-c6ccc7ccccc7c6-c6ccccc6)cc5)c5ccc(-c6cccc7ccccc67)cc5)cccc4c3c2)cc1. The summed E-state index contributed by atoms with van der Waals surface area (Å²) in [4.78, 5) is 2.33. The molecule has 0 N–H and O–H groups in total. The number of hydrogen-bond acceptors (Lipinski definition) is 2. The maximum Gasteiger partial charge on any atom is 0.159 e. The normalized spacial score (nSPS) is 11.4.